The molecule has 0 bridgehead atoms. The Morgan fingerprint density at radius 2 is 1.76 bits per heavy atom. The first kappa shape index (κ1) is 17.2. The normalized spacial score (nSPS) is 10.9. The van der Waals surface area contributed by atoms with Crippen LogP contribution in [0.2, 0.25) is 0 Å². The molecule has 0 aliphatic rings. The lowest BCUT2D eigenvalue weighted by Gasteiger charge is -2.04. The highest BCUT2D eigenvalue weighted by atomic mass is 32.1. The van der Waals surface area contributed by atoms with E-state index in [-0.39, 0.29) is 10.7 Å². The summed E-state index contributed by atoms with van der Waals surface area (Å²) in [6.07, 6.45) is 0. The number of aromatic nitrogens is 2. The Labute approximate surface area is 147 Å². The molecule has 2 aromatic carbocycles. The Hall–Kier alpha value is -2.67. The third kappa shape index (κ3) is 3.88. The van der Waals surface area contributed by atoms with Gasteiger partial charge in [0.2, 0.25) is 5.13 Å². The number of halogens is 2. The maximum Gasteiger partial charge on any atom is 0.257 e. The first-order valence-corrected chi connectivity index (χ1v) is 8.46. The Morgan fingerprint density at radius 1 is 1.04 bits per heavy atom. The van der Waals surface area contributed by atoms with Crippen molar-refractivity contribution in [1.29, 1.82) is 0 Å². The van der Waals surface area contributed by atoms with E-state index < -0.39 is 17.5 Å². The van der Waals surface area contributed by atoms with E-state index in [1.54, 1.807) is 0 Å². The van der Waals surface area contributed by atoms with Crippen molar-refractivity contribution >= 4 is 22.4 Å². The quantitative estimate of drug-likeness (QED) is 0.724. The van der Waals surface area contributed by atoms with Crippen LogP contribution in [0.5, 0.6) is 0 Å². The zero-order valence-electron chi connectivity index (χ0n) is 13.6. The summed E-state index contributed by atoms with van der Waals surface area (Å²) in [5, 5.41) is 11.5. The lowest BCUT2D eigenvalue weighted by Crippen LogP contribution is -2.12. The van der Waals surface area contributed by atoms with Crippen LogP contribution in [-0.2, 0) is 0 Å². The van der Waals surface area contributed by atoms with Crippen molar-refractivity contribution in [3.63, 3.8) is 0 Å². The van der Waals surface area contributed by atoms with Crippen LogP contribution in [0.15, 0.2) is 42.5 Å². The van der Waals surface area contributed by atoms with E-state index in [4.69, 9.17) is 0 Å². The maximum atomic E-state index is 13.2. The average Bonchev–Trinajstić information content (AvgIpc) is 3.05. The Kier molecular flexibility index (Phi) is 4.85. The van der Waals surface area contributed by atoms with Crippen LogP contribution in [0.4, 0.5) is 13.9 Å². The Morgan fingerprint density at radius 3 is 2.40 bits per heavy atom. The third-order valence-corrected chi connectivity index (χ3v) is 4.54. The van der Waals surface area contributed by atoms with Crippen molar-refractivity contribution in [2.75, 3.05) is 5.32 Å². The lowest BCUT2D eigenvalue weighted by atomic mass is 10.0. The molecule has 128 valence electrons. The molecular weight excluding hydrogens is 344 g/mol. The van der Waals surface area contributed by atoms with Crippen molar-refractivity contribution in [2.45, 2.75) is 19.8 Å². The number of rotatable bonds is 4. The van der Waals surface area contributed by atoms with Gasteiger partial charge in [-0.25, -0.2) is 8.78 Å². The summed E-state index contributed by atoms with van der Waals surface area (Å²) < 4.78 is 26.1. The van der Waals surface area contributed by atoms with Gasteiger partial charge in [-0.3, -0.25) is 10.1 Å². The van der Waals surface area contributed by atoms with Crippen LogP contribution >= 0.6 is 11.3 Å². The zero-order valence-corrected chi connectivity index (χ0v) is 14.4. The number of nitrogens with one attached hydrogen (secondary N) is 1. The fourth-order valence-electron chi connectivity index (χ4n) is 2.21. The summed E-state index contributed by atoms with van der Waals surface area (Å²) in [5.74, 6) is -2.21. The molecule has 25 heavy (non-hydrogen) atoms. The van der Waals surface area contributed by atoms with Crippen LogP contribution in [0.1, 0.15) is 35.7 Å². The summed E-state index contributed by atoms with van der Waals surface area (Å²) in [4.78, 5) is 12.1. The van der Waals surface area contributed by atoms with Gasteiger partial charge in [-0.05, 0) is 29.7 Å². The number of amides is 1. The van der Waals surface area contributed by atoms with Crippen LogP contribution in [0.3, 0.4) is 0 Å². The van der Waals surface area contributed by atoms with Gasteiger partial charge in [-0.2, -0.15) is 0 Å². The minimum Gasteiger partial charge on any atom is -0.296 e. The second-order valence-corrected chi connectivity index (χ2v) is 6.75. The smallest absolute Gasteiger partial charge is 0.257 e. The highest BCUT2D eigenvalue weighted by molar-refractivity contribution is 7.18. The molecule has 0 aliphatic heterocycles. The van der Waals surface area contributed by atoms with Gasteiger partial charge in [-0.15, -0.1) is 10.2 Å². The highest BCUT2D eigenvalue weighted by Gasteiger charge is 2.13. The number of anilines is 1. The monoisotopic (exact) mass is 359 g/mol. The molecule has 0 saturated carbocycles. The fraction of sp³-hybridized carbons (Fsp3) is 0.167. The van der Waals surface area contributed by atoms with Crippen molar-refractivity contribution in [1.82, 2.24) is 10.2 Å². The summed E-state index contributed by atoms with van der Waals surface area (Å²) in [6, 6.07) is 10.9. The second-order valence-electron chi connectivity index (χ2n) is 5.77. The van der Waals surface area contributed by atoms with Crippen LogP contribution in [-0.4, -0.2) is 16.1 Å². The number of hydrogen-bond acceptors (Lipinski definition) is 4. The Balaban J connectivity index is 1.74. The van der Waals surface area contributed by atoms with E-state index in [0.717, 1.165) is 17.7 Å². The fourth-order valence-corrected chi connectivity index (χ4v) is 2.95. The molecule has 3 aromatic rings. The van der Waals surface area contributed by atoms with Crippen molar-refractivity contribution in [2.24, 2.45) is 0 Å². The molecule has 1 amide bonds. The first-order valence-electron chi connectivity index (χ1n) is 7.64. The molecule has 0 unspecified atom stereocenters. The minimum atomic E-state index is -1.07. The first-order chi connectivity index (χ1) is 11.9. The maximum absolute atomic E-state index is 13.2. The molecule has 1 heterocycles. The van der Waals surface area contributed by atoms with Gasteiger partial charge in [0.1, 0.15) is 5.01 Å². The molecule has 1 N–H and O–H groups in total. The van der Waals surface area contributed by atoms with Gasteiger partial charge in [0.25, 0.3) is 5.91 Å². The molecule has 0 fully saturated rings. The van der Waals surface area contributed by atoms with E-state index >= 15 is 0 Å². The SMILES string of the molecule is CC(C)c1ccc(-c2nnc(NC(=O)c3ccc(F)c(F)c3)s2)cc1. The lowest BCUT2D eigenvalue weighted by molar-refractivity contribution is 0.102. The summed E-state index contributed by atoms with van der Waals surface area (Å²) in [7, 11) is 0. The Bertz CT molecular complexity index is 907. The van der Waals surface area contributed by atoms with Crippen molar-refractivity contribution in [3.8, 4) is 10.6 Å². The molecular formula is C18H15F2N3OS. The molecule has 0 saturated heterocycles. The van der Waals surface area contributed by atoms with Crippen LogP contribution < -0.4 is 5.32 Å². The van der Waals surface area contributed by atoms with E-state index in [1.165, 1.54) is 23.0 Å². The molecule has 7 heteroatoms. The van der Waals surface area contributed by atoms with Gasteiger partial charge in [0.15, 0.2) is 11.6 Å². The molecule has 0 spiro atoms. The standard InChI is InChI=1S/C18H15F2N3OS/c1-10(2)11-3-5-12(6-4-11)17-22-23-18(25-17)21-16(24)13-7-8-14(19)15(20)9-13/h3-10H,1-2H3,(H,21,23,24). The molecule has 0 aliphatic carbocycles. The molecule has 1 aromatic heterocycles. The van der Waals surface area contributed by atoms with Crippen LogP contribution in [0, 0.1) is 11.6 Å². The van der Waals surface area contributed by atoms with Crippen LogP contribution in [0.25, 0.3) is 10.6 Å². The summed E-state index contributed by atoms with van der Waals surface area (Å²) in [6.45, 7) is 4.23. The van der Waals surface area contributed by atoms with Crippen molar-refractivity contribution < 1.29 is 13.6 Å². The number of benzene rings is 2. The van der Waals surface area contributed by atoms with Gasteiger partial charge < -0.3 is 0 Å². The topological polar surface area (TPSA) is 54.9 Å². The second kappa shape index (κ2) is 7.06. The zero-order chi connectivity index (χ0) is 18.0. The van der Waals surface area contributed by atoms with E-state index in [1.807, 2.05) is 24.3 Å². The van der Waals surface area contributed by atoms with Gasteiger partial charge in [0, 0.05) is 11.1 Å². The molecule has 0 atom stereocenters. The number of nitrogens with zero attached hydrogens (tertiary/aromatic N) is 2. The summed E-state index contributed by atoms with van der Waals surface area (Å²) >= 11 is 1.21. The van der Waals surface area contributed by atoms with Crippen molar-refractivity contribution in [3.05, 3.63) is 65.2 Å². The third-order valence-electron chi connectivity index (χ3n) is 3.65. The van der Waals surface area contributed by atoms with Gasteiger partial charge in [-0.1, -0.05) is 49.4 Å². The number of hydrogen-bond donors (Lipinski definition) is 1. The largest absolute Gasteiger partial charge is 0.296 e. The molecule has 4 nitrogen and oxygen atoms in total. The van der Waals surface area contributed by atoms with Gasteiger partial charge in [0.05, 0.1) is 0 Å². The van der Waals surface area contributed by atoms with E-state index in [9.17, 15) is 13.6 Å². The van der Waals surface area contributed by atoms with Gasteiger partial charge >= 0.3 is 0 Å². The van der Waals surface area contributed by atoms with E-state index in [0.29, 0.717) is 10.9 Å². The molecule has 3 rings (SSSR count). The predicted octanol–water partition coefficient (Wildman–Crippen LogP) is 4.86. The predicted molar refractivity (Wildman–Crippen MR) is 93.7 cm³/mol. The average molecular weight is 359 g/mol. The number of carbonyl (C=O) groups excluding carboxylic acids is 1. The summed E-state index contributed by atoms with van der Waals surface area (Å²) in [5.41, 5.74) is 2.13. The molecule has 0 radical (unpaired) electrons. The highest BCUT2D eigenvalue weighted by Crippen LogP contribution is 2.28. The number of carbonyl (C=O) groups is 1. The minimum absolute atomic E-state index is 0.0111. The van der Waals surface area contributed by atoms with E-state index in [2.05, 4.69) is 29.4 Å².